The molecule has 0 aliphatic rings. The molecule has 0 aliphatic heterocycles. The van der Waals surface area contributed by atoms with Gasteiger partial charge in [0.15, 0.2) is 5.82 Å². The highest BCUT2D eigenvalue weighted by Crippen LogP contribution is 1.95. The summed E-state index contributed by atoms with van der Waals surface area (Å²) < 4.78 is 0. The van der Waals surface area contributed by atoms with Gasteiger partial charge in [-0.1, -0.05) is 6.58 Å². The summed E-state index contributed by atoms with van der Waals surface area (Å²) in [5.74, 6) is 0.181. The number of hydrogen-bond acceptors (Lipinski definition) is 2. The third-order valence-corrected chi connectivity index (χ3v) is 1.12. The standard InChI is InChI=1S/C7H8N2O/c1-3-6(10)7-8-4-5(2)9-7/h3-4H,1H2,2H3,(H,8,9). The SMILES string of the molecule is C=CC(=O)c1ncc(C)[nH]1. The van der Waals surface area contributed by atoms with E-state index in [1.165, 1.54) is 6.08 Å². The number of nitrogens with zero attached hydrogens (tertiary/aromatic N) is 1. The quantitative estimate of drug-likeness (QED) is 0.488. The Hall–Kier alpha value is -1.38. The monoisotopic (exact) mass is 136 g/mol. The number of allylic oxidation sites excluding steroid dienone is 1. The van der Waals surface area contributed by atoms with Crippen molar-refractivity contribution < 1.29 is 4.79 Å². The number of carbonyl (C=O) groups is 1. The fourth-order valence-electron chi connectivity index (χ4n) is 0.635. The summed E-state index contributed by atoms with van der Waals surface area (Å²) in [5.41, 5.74) is 0.880. The van der Waals surface area contributed by atoms with Gasteiger partial charge in [0.1, 0.15) is 0 Å². The van der Waals surface area contributed by atoms with E-state index < -0.39 is 0 Å². The molecule has 0 aliphatic carbocycles. The molecule has 0 bridgehead atoms. The third-order valence-electron chi connectivity index (χ3n) is 1.12. The smallest absolute Gasteiger partial charge is 0.220 e. The molecule has 0 aromatic carbocycles. The van der Waals surface area contributed by atoms with Gasteiger partial charge in [-0.05, 0) is 13.0 Å². The molecule has 3 heteroatoms. The molecule has 0 amide bonds. The van der Waals surface area contributed by atoms with Crippen molar-refractivity contribution in [1.82, 2.24) is 9.97 Å². The number of aromatic nitrogens is 2. The molecule has 10 heavy (non-hydrogen) atoms. The Morgan fingerprint density at radius 2 is 2.60 bits per heavy atom. The van der Waals surface area contributed by atoms with Gasteiger partial charge in [0.25, 0.3) is 0 Å². The molecule has 1 heterocycles. The van der Waals surface area contributed by atoms with Crippen LogP contribution in [-0.4, -0.2) is 15.8 Å². The molecule has 52 valence electrons. The van der Waals surface area contributed by atoms with E-state index in [-0.39, 0.29) is 5.78 Å². The average molecular weight is 136 g/mol. The topological polar surface area (TPSA) is 45.8 Å². The molecule has 1 N–H and O–H groups in total. The molecule has 1 rings (SSSR count). The van der Waals surface area contributed by atoms with E-state index in [0.717, 1.165) is 5.69 Å². The predicted octanol–water partition coefficient (Wildman–Crippen LogP) is 1.09. The lowest BCUT2D eigenvalue weighted by Gasteiger charge is -1.84. The zero-order valence-corrected chi connectivity index (χ0v) is 5.72. The number of aryl methyl sites for hydroxylation is 1. The van der Waals surface area contributed by atoms with Gasteiger partial charge in [-0.3, -0.25) is 4.79 Å². The second kappa shape index (κ2) is 2.47. The van der Waals surface area contributed by atoms with Crippen molar-refractivity contribution in [2.24, 2.45) is 0 Å². The summed E-state index contributed by atoms with van der Waals surface area (Å²) >= 11 is 0. The van der Waals surface area contributed by atoms with Gasteiger partial charge < -0.3 is 4.98 Å². The summed E-state index contributed by atoms with van der Waals surface area (Å²) in [5, 5.41) is 0. The minimum absolute atomic E-state index is 0.173. The molecule has 0 radical (unpaired) electrons. The van der Waals surface area contributed by atoms with Crippen LogP contribution in [0.15, 0.2) is 18.9 Å². The molecule has 0 saturated heterocycles. The van der Waals surface area contributed by atoms with Gasteiger partial charge in [0.2, 0.25) is 5.78 Å². The molecule has 1 aromatic rings. The highest BCUT2D eigenvalue weighted by atomic mass is 16.1. The number of nitrogens with one attached hydrogen (secondary N) is 1. The Morgan fingerprint density at radius 3 is 3.00 bits per heavy atom. The van der Waals surface area contributed by atoms with Crippen LogP contribution >= 0.6 is 0 Å². The second-order valence-electron chi connectivity index (χ2n) is 1.98. The van der Waals surface area contributed by atoms with Crippen molar-refractivity contribution in [3.05, 3.63) is 30.4 Å². The number of aromatic amines is 1. The van der Waals surface area contributed by atoms with Crippen LogP contribution in [0.25, 0.3) is 0 Å². The van der Waals surface area contributed by atoms with Crippen LogP contribution in [0.3, 0.4) is 0 Å². The maximum atomic E-state index is 10.8. The third kappa shape index (κ3) is 1.13. The summed E-state index contributed by atoms with van der Waals surface area (Å²) in [6.07, 6.45) is 2.84. The lowest BCUT2D eigenvalue weighted by Crippen LogP contribution is -1.95. The van der Waals surface area contributed by atoms with E-state index >= 15 is 0 Å². The minimum atomic E-state index is -0.173. The minimum Gasteiger partial charge on any atom is -0.339 e. The molecular formula is C7H8N2O. The van der Waals surface area contributed by atoms with Gasteiger partial charge in [-0.25, -0.2) is 4.98 Å². The summed E-state index contributed by atoms with van der Waals surface area (Å²) in [6.45, 7) is 5.18. The van der Waals surface area contributed by atoms with Crippen LogP contribution in [0.4, 0.5) is 0 Å². The Labute approximate surface area is 58.8 Å². The Kier molecular flexibility index (Phi) is 1.67. The molecule has 1 aromatic heterocycles. The van der Waals surface area contributed by atoms with Gasteiger partial charge in [-0.15, -0.1) is 0 Å². The number of rotatable bonds is 2. The Bertz CT molecular complexity index is 262. The fraction of sp³-hybridized carbons (Fsp3) is 0.143. The van der Waals surface area contributed by atoms with E-state index in [0.29, 0.717) is 5.82 Å². The van der Waals surface area contributed by atoms with E-state index in [9.17, 15) is 4.79 Å². The molecule has 0 fully saturated rings. The Balaban J connectivity index is 2.95. The van der Waals surface area contributed by atoms with Crippen LogP contribution in [-0.2, 0) is 0 Å². The van der Waals surface area contributed by atoms with Crippen molar-refractivity contribution in [2.75, 3.05) is 0 Å². The first kappa shape index (κ1) is 6.74. The van der Waals surface area contributed by atoms with E-state index in [4.69, 9.17) is 0 Å². The zero-order chi connectivity index (χ0) is 7.56. The van der Waals surface area contributed by atoms with Crippen LogP contribution in [0, 0.1) is 6.92 Å². The van der Waals surface area contributed by atoms with Gasteiger partial charge in [-0.2, -0.15) is 0 Å². The molecular weight excluding hydrogens is 128 g/mol. The number of hydrogen-bond donors (Lipinski definition) is 1. The largest absolute Gasteiger partial charge is 0.339 e. The fourth-order valence-corrected chi connectivity index (χ4v) is 0.635. The number of carbonyl (C=O) groups excluding carboxylic acids is 1. The van der Waals surface area contributed by atoms with Crippen LogP contribution in [0.5, 0.6) is 0 Å². The maximum Gasteiger partial charge on any atom is 0.220 e. The summed E-state index contributed by atoms with van der Waals surface area (Å²) in [7, 11) is 0. The van der Waals surface area contributed by atoms with Crippen LogP contribution < -0.4 is 0 Å². The van der Waals surface area contributed by atoms with Crippen molar-refractivity contribution in [1.29, 1.82) is 0 Å². The highest BCUT2D eigenvalue weighted by molar-refractivity contribution is 6.01. The van der Waals surface area contributed by atoms with E-state index in [1.807, 2.05) is 6.92 Å². The summed E-state index contributed by atoms with van der Waals surface area (Å²) in [6, 6.07) is 0. The zero-order valence-electron chi connectivity index (χ0n) is 5.72. The van der Waals surface area contributed by atoms with E-state index in [1.54, 1.807) is 6.20 Å². The molecule has 0 unspecified atom stereocenters. The van der Waals surface area contributed by atoms with Crippen LogP contribution in [0.1, 0.15) is 16.3 Å². The molecule has 3 nitrogen and oxygen atoms in total. The highest BCUT2D eigenvalue weighted by Gasteiger charge is 2.02. The lowest BCUT2D eigenvalue weighted by atomic mass is 10.4. The Morgan fingerprint density at radius 1 is 1.90 bits per heavy atom. The first-order chi connectivity index (χ1) is 4.74. The lowest BCUT2D eigenvalue weighted by molar-refractivity contribution is 0.103. The van der Waals surface area contributed by atoms with Crippen molar-refractivity contribution >= 4 is 5.78 Å². The van der Waals surface area contributed by atoms with Crippen molar-refractivity contribution in [2.45, 2.75) is 6.92 Å². The van der Waals surface area contributed by atoms with Crippen LogP contribution in [0.2, 0.25) is 0 Å². The predicted molar refractivity (Wildman–Crippen MR) is 37.9 cm³/mol. The molecule has 0 atom stereocenters. The number of imidazole rings is 1. The average Bonchev–Trinajstić information content (AvgIpc) is 2.34. The number of H-pyrrole nitrogens is 1. The van der Waals surface area contributed by atoms with Crippen molar-refractivity contribution in [3.8, 4) is 0 Å². The van der Waals surface area contributed by atoms with E-state index in [2.05, 4.69) is 16.5 Å². The molecule has 0 saturated carbocycles. The second-order valence-corrected chi connectivity index (χ2v) is 1.98. The first-order valence-corrected chi connectivity index (χ1v) is 2.92. The first-order valence-electron chi connectivity index (χ1n) is 2.92. The number of ketones is 1. The van der Waals surface area contributed by atoms with Gasteiger partial charge in [0.05, 0.1) is 0 Å². The normalized spacial score (nSPS) is 9.30. The van der Waals surface area contributed by atoms with Gasteiger partial charge in [0, 0.05) is 11.9 Å². The van der Waals surface area contributed by atoms with Gasteiger partial charge >= 0.3 is 0 Å². The van der Waals surface area contributed by atoms with Crippen molar-refractivity contribution in [3.63, 3.8) is 0 Å². The molecule has 0 spiro atoms. The maximum absolute atomic E-state index is 10.8. The summed E-state index contributed by atoms with van der Waals surface area (Å²) in [4.78, 5) is 17.4.